The maximum absolute atomic E-state index is 12.1. The molecule has 0 atom stereocenters. The molecule has 1 heterocycles. The number of ether oxygens (including phenoxy) is 3. The van der Waals surface area contributed by atoms with Crippen LogP contribution in [0.2, 0.25) is 0 Å². The van der Waals surface area contributed by atoms with E-state index in [0.717, 1.165) is 44.3 Å². The summed E-state index contributed by atoms with van der Waals surface area (Å²) in [5.74, 6) is 0.925. The number of carbonyl (C=O) groups is 1. The highest BCUT2D eigenvalue weighted by atomic mass is 16.5. The number of nitrogens with two attached hydrogens (primary N) is 1. The molecule has 3 aromatic carbocycles. The summed E-state index contributed by atoms with van der Waals surface area (Å²) in [6.07, 6.45) is 1.85. The molecule has 0 fully saturated rings. The molecule has 6 heteroatoms. The summed E-state index contributed by atoms with van der Waals surface area (Å²) < 4.78 is 22.5. The molecular formula is C28H29NO5. The fourth-order valence-electron chi connectivity index (χ4n) is 3.98. The van der Waals surface area contributed by atoms with Gasteiger partial charge in [-0.15, -0.1) is 0 Å². The fraction of sp³-hybridized carbons (Fsp3) is 0.250. The topological polar surface area (TPSA) is 83.9 Å². The van der Waals surface area contributed by atoms with Gasteiger partial charge in [0.05, 0.1) is 26.4 Å². The van der Waals surface area contributed by atoms with Crippen LogP contribution >= 0.6 is 0 Å². The molecule has 4 rings (SSSR count). The molecule has 1 aromatic heterocycles. The highest BCUT2D eigenvalue weighted by Crippen LogP contribution is 2.33. The molecule has 2 N–H and O–H groups in total. The van der Waals surface area contributed by atoms with Crippen molar-refractivity contribution < 1.29 is 23.4 Å². The van der Waals surface area contributed by atoms with Gasteiger partial charge in [-0.1, -0.05) is 24.3 Å². The van der Waals surface area contributed by atoms with Crippen molar-refractivity contribution in [3.63, 3.8) is 0 Å². The van der Waals surface area contributed by atoms with E-state index in [4.69, 9.17) is 24.4 Å². The van der Waals surface area contributed by atoms with Gasteiger partial charge >= 0.3 is 5.97 Å². The second kappa shape index (κ2) is 10.4. The van der Waals surface area contributed by atoms with E-state index in [0.29, 0.717) is 24.7 Å². The van der Waals surface area contributed by atoms with Gasteiger partial charge in [-0.25, -0.2) is 0 Å². The van der Waals surface area contributed by atoms with E-state index < -0.39 is 0 Å². The van der Waals surface area contributed by atoms with Gasteiger partial charge in [-0.2, -0.15) is 0 Å². The Bertz CT molecular complexity index is 1310. The zero-order chi connectivity index (χ0) is 24.1. The summed E-state index contributed by atoms with van der Waals surface area (Å²) in [5.41, 5.74) is 12.6. The standard InChI is InChI=1S/C28H29NO5/c1-4-32-27(30)13-21-8-9-24(31-3)14-26(21)33-16-23-17-34-28-18(2)10-22(12-25(23)28)20-7-5-6-19(11-20)15-29/h5-12,14,17H,4,13,15-16,29H2,1-3H3. The van der Waals surface area contributed by atoms with Crippen LogP contribution in [0, 0.1) is 6.92 Å². The zero-order valence-electron chi connectivity index (χ0n) is 19.7. The molecule has 0 unspecified atom stereocenters. The van der Waals surface area contributed by atoms with E-state index in [9.17, 15) is 4.79 Å². The Kier molecular flexibility index (Phi) is 7.18. The number of carbonyl (C=O) groups excluding carboxylic acids is 1. The average molecular weight is 460 g/mol. The van der Waals surface area contributed by atoms with E-state index in [1.807, 2.05) is 25.1 Å². The molecule has 176 valence electrons. The number of esters is 1. The highest BCUT2D eigenvalue weighted by Gasteiger charge is 2.15. The minimum Gasteiger partial charge on any atom is -0.497 e. The molecule has 0 saturated heterocycles. The lowest BCUT2D eigenvalue weighted by Gasteiger charge is -2.13. The Balaban J connectivity index is 1.64. The number of furan rings is 1. The van der Waals surface area contributed by atoms with Crippen molar-refractivity contribution in [1.29, 1.82) is 0 Å². The first-order valence-electron chi connectivity index (χ1n) is 11.3. The molecule has 0 spiro atoms. The lowest BCUT2D eigenvalue weighted by Crippen LogP contribution is -2.09. The number of methoxy groups -OCH3 is 1. The Hall–Kier alpha value is -3.77. The van der Waals surface area contributed by atoms with E-state index in [2.05, 4.69) is 24.3 Å². The van der Waals surface area contributed by atoms with Gasteiger partial charge in [-0.05, 0) is 60.4 Å². The first-order valence-corrected chi connectivity index (χ1v) is 11.3. The SMILES string of the molecule is CCOC(=O)Cc1ccc(OC)cc1OCc1coc2c(C)cc(-c3cccc(CN)c3)cc12. The van der Waals surface area contributed by atoms with Gasteiger partial charge in [-0.3, -0.25) is 4.79 Å². The van der Waals surface area contributed by atoms with E-state index >= 15 is 0 Å². The minimum atomic E-state index is -0.300. The smallest absolute Gasteiger partial charge is 0.310 e. The number of hydrogen-bond donors (Lipinski definition) is 1. The molecule has 0 aliphatic carbocycles. The summed E-state index contributed by atoms with van der Waals surface area (Å²) in [7, 11) is 1.59. The van der Waals surface area contributed by atoms with Gasteiger partial charge in [0.2, 0.25) is 0 Å². The summed E-state index contributed by atoms with van der Waals surface area (Å²) in [6.45, 7) is 4.93. The second-order valence-electron chi connectivity index (χ2n) is 8.08. The predicted octanol–water partition coefficient (Wildman–Crippen LogP) is 5.56. The summed E-state index contributed by atoms with van der Waals surface area (Å²) in [5, 5.41) is 0.989. The fourth-order valence-corrected chi connectivity index (χ4v) is 3.98. The predicted molar refractivity (Wildman–Crippen MR) is 132 cm³/mol. The average Bonchev–Trinajstić information content (AvgIpc) is 3.27. The van der Waals surface area contributed by atoms with Crippen LogP contribution in [-0.2, 0) is 29.1 Å². The second-order valence-corrected chi connectivity index (χ2v) is 8.08. The van der Waals surface area contributed by atoms with Crippen molar-refractivity contribution in [2.75, 3.05) is 13.7 Å². The Morgan fingerprint density at radius 1 is 1.03 bits per heavy atom. The number of fused-ring (bicyclic) bond motifs is 1. The molecule has 0 radical (unpaired) electrons. The summed E-state index contributed by atoms with van der Waals surface area (Å²) >= 11 is 0. The van der Waals surface area contributed by atoms with Gasteiger partial charge in [0.1, 0.15) is 23.7 Å². The van der Waals surface area contributed by atoms with Crippen LogP contribution in [0.15, 0.2) is 65.3 Å². The number of rotatable bonds is 9. The van der Waals surface area contributed by atoms with E-state index in [1.54, 1.807) is 32.4 Å². The first-order chi connectivity index (χ1) is 16.5. The van der Waals surface area contributed by atoms with Crippen molar-refractivity contribution in [3.05, 3.63) is 83.1 Å². The molecule has 0 saturated carbocycles. The van der Waals surface area contributed by atoms with Crippen LogP contribution in [-0.4, -0.2) is 19.7 Å². The molecular weight excluding hydrogens is 430 g/mol. The Labute approximate surface area is 199 Å². The van der Waals surface area contributed by atoms with Gasteiger partial charge in [0.25, 0.3) is 0 Å². The third-order valence-electron chi connectivity index (χ3n) is 5.73. The molecule has 0 bridgehead atoms. The Morgan fingerprint density at radius 3 is 2.65 bits per heavy atom. The molecule has 6 nitrogen and oxygen atoms in total. The van der Waals surface area contributed by atoms with E-state index in [1.165, 1.54) is 0 Å². The molecule has 4 aromatic rings. The van der Waals surface area contributed by atoms with Gasteiger partial charge in [0, 0.05) is 29.1 Å². The molecule has 34 heavy (non-hydrogen) atoms. The van der Waals surface area contributed by atoms with Crippen LogP contribution < -0.4 is 15.2 Å². The maximum atomic E-state index is 12.1. The van der Waals surface area contributed by atoms with Crippen molar-refractivity contribution in [1.82, 2.24) is 0 Å². The third kappa shape index (κ3) is 5.07. The van der Waals surface area contributed by atoms with Crippen molar-refractivity contribution in [2.24, 2.45) is 5.73 Å². The maximum Gasteiger partial charge on any atom is 0.310 e. The molecule has 0 aliphatic rings. The largest absolute Gasteiger partial charge is 0.497 e. The normalized spacial score (nSPS) is 10.9. The molecule has 0 aliphatic heterocycles. The number of benzene rings is 3. The van der Waals surface area contributed by atoms with Crippen molar-refractivity contribution >= 4 is 16.9 Å². The van der Waals surface area contributed by atoms with Crippen LogP contribution in [0.4, 0.5) is 0 Å². The zero-order valence-corrected chi connectivity index (χ0v) is 19.7. The lowest BCUT2D eigenvalue weighted by atomic mass is 9.98. The summed E-state index contributed by atoms with van der Waals surface area (Å²) in [6, 6.07) is 17.9. The van der Waals surface area contributed by atoms with Crippen molar-refractivity contribution in [3.8, 4) is 22.6 Å². The van der Waals surface area contributed by atoms with Crippen LogP contribution in [0.5, 0.6) is 11.5 Å². The Morgan fingerprint density at radius 2 is 1.88 bits per heavy atom. The number of aryl methyl sites for hydroxylation is 1. The van der Waals surface area contributed by atoms with Crippen LogP contribution in [0.3, 0.4) is 0 Å². The van der Waals surface area contributed by atoms with Crippen LogP contribution in [0.25, 0.3) is 22.1 Å². The van der Waals surface area contributed by atoms with Crippen molar-refractivity contribution in [2.45, 2.75) is 33.4 Å². The van der Waals surface area contributed by atoms with Crippen LogP contribution in [0.1, 0.15) is 29.2 Å². The summed E-state index contributed by atoms with van der Waals surface area (Å²) in [4.78, 5) is 12.1. The minimum absolute atomic E-state index is 0.125. The quantitative estimate of drug-likeness (QED) is 0.330. The first kappa shape index (κ1) is 23.4. The van der Waals surface area contributed by atoms with Gasteiger partial charge in [0.15, 0.2) is 0 Å². The number of hydrogen-bond acceptors (Lipinski definition) is 6. The van der Waals surface area contributed by atoms with Gasteiger partial charge < -0.3 is 24.4 Å². The van der Waals surface area contributed by atoms with E-state index in [-0.39, 0.29) is 19.0 Å². The monoisotopic (exact) mass is 459 g/mol. The lowest BCUT2D eigenvalue weighted by molar-refractivity contribution is -0.142. The third-order valence-corrected chi connectivity index (χ3v) is 5.73. The molecule has 0 amide bonds. The highest BCUT2D eigenvalue weighted by molar-refractivity contribution is 5.89.